The molecule has 0 saturated carbocycles. The fourth-order valence-corrected chi connectivity index (χ4v) is 3.16. The molecular weight excluding hydrogens is 392 g/mol. The van der Waals surface area contributed by atoms with Crippen LogP contribution in [0.5, 0.6) is 11.5 Å². The second kappa shape index (κ2) is 9.39. The summed E-state index contributed by atoms with van der Waals surface area (Å²) in [5.41, 5.74) is 2.55. The first kappa shape index (κ1) is 21.3. The van der Waals surface area contributed by atoms with Gasteiger partial charge in [-0.2, -0.15) is 8.78 Å². The molecule has 0 radical (unpaired) electrons. The number of benzene rings is 2. The number of alkyl halides is 2. The van der Waals surface area contributed by atoms with Crippen LogP contribution in [-0.2, 0) is 17.9 Å². The van der Waals surface area contributed by atoms with Crippen LogP contribution in [0.2, 0.25) is 0 Å². The van der Waals surface area contributed by atoms with Gasteiger partial charge in [0.2, 0.25) is 5.91 Å². The fraction of sp³-hybridized carbons (Fsp3) is 0.273. The number of halogens is 2. The lowest BCUT2D eigenvalue weighted by Gasteiger charge is -2.15. The number of methoxy groups -OCH3 is 1. The standard InChI is InChI=1S/C22H23F2N3O3/c1-4-27-17-8-6-5-7-16(17)25-20(27)14-26(2)21(28)12-10-15-9-11-18(30-22(23)24)19(13-15)29-3/h5-13,22H,4,14H2,1-3H3/b12-10+. The van der Waals surface area contributed by atoms with Gasteiger partial charge in [-0.25, -0.2) is 4.98 Å². The van der Waals surface area contributed by atoms with E-state index < -0.39 is 6.61 Å². The third-order valence-corrected chi connectivity index (χ3v) is 4.63. The number of imidazole rings is 1. The van der Waals surface area contributed by atoms with Crippen LogP contribution in [0.3, 0.4) is 0 Å². The Labute approximate surface area is 173 Å². The summed E-state index contributed by atoms with van der Waals surface area (Å²) in [6.07, 6.45) is 3.01. The van der Waals surface area contributed by atoms with Crippen molar-refractivity contribution in [3.05, 3.63) is 59.9 Å². The number of amides is 1. The number of hydrogen-bond donors (Lipinski definition) is 0. The Kier molecular flexibility index (Phi) is 6.66. The summed E-state index contributed by atoms with van der Waals surface area (Å²) in [5, 5.41) is 0. The van der Waals surface area contributed by atoms with E-state index in [0.717, 1.165) is 23.4 Å². The van der Waals surface area contributed by atoms with E-state index in [1.165, 1.54) is 25.3 Å². The fourth-order valence-electron chi connectivity index (χ4n) is 3.16. The van der Waals surface area contributed by atoms with E-state index in [4.69, 9.17) is 4.74 Å². The zero-order valence-electron chi connectivity index (χ0n) is 17.0. The number of hydrogen-bond acceptors (Lipinski definition) is 4. The van der Waals surface area contributed by atoms with E-state index in [0.29, 0.717) is 12.1 Å². The molecule has 0 unspecified atom stereocenters. The molecule has 2 aromatic carbocycles. The van der Waals surface area contributed by atoms with Gasteiger partial charge >= 0.3 is 6.61 Å². The van der Waals surface area contributed by atoms with Crippen molar-refractivity contribution in [2.45, 2.75) is 26.6 Å². The first-order valence-electron chi connectivity index (χ1n) is 9.43. The van der Waals surface area contributed by atoms with Crippen molar-refractivity contribution in [2.24, 2.45) is 0 Å². The maximum atomic E-state index is 12.5. The molecule has 0 saturated heterocycles. The average Bonchev–Trinajstić information content (AvgIpc) is 3.09. The Morgan fingerprint density at radius 3 is 2.70 bits per heavy atom. The average molecular weight is 415 g/mol. The highest BCUT2D eigenvalue weighted by atomic mass is 19.3. The second-order valence-electron chi connectivity index (χ2n) is 6.58. The molecule has 30 heavy (non-hydrogen) atoms. The van der Waals surface area contributed by atoms with Gasteiger partial charge in [0.15, 0.2) is 11.5 Å². The Hall–Kier alpha value is -3.42. The zero-order chi connectivity index (χ0) is 21.7. The summed E-state index contributed by atoms with van der Waals surface area (Å²) < 4.78 is 36.4. The summed E-state index contributed by atoms with van der Waals surface area (Å²) >= 11 is 0. The normalized spacial score (nSPS) is 11.4. The second-order valence-corrected chi connectivity index (χ2v) is 6.58. The van der Waals surface area contributed by atoms with E-state index in [1.54, 1.807) is 24.1 Å². The maximum absolute atomic E-state index is 12.5. The number of aryl methyl sites for hydroxylation is 1. The molecule has 0 N–H and O–H groups in total. The first-order valence-corrected chi connectivity index (χ1v) is 9.43. The summed E-state index contributed by atoms with van der Waals surface area (Å²) in [4.78, 5) is 18.7. The molecule has 3 rings (SSSR count). The molecular formula is C22H23F2N3O3. The largest absolute Gasteiger partial charge is 0.493 e. The Bertz CT molecular complexity index is 1060. The number of likely N-dealkylation sites (N-methyl/N-ethyl adjacent to an activating group) is 1. The number of rotatable bonds is 8. The molecule has 6 nitrogen and oxygen atoms in total. The summed E-state index contributed by atoms with van der Waals surface area (Å²) in [6, 6.07) is 12.3. The van der Waals surface area contributed by atoms with E-state index in [9.17, 15) is 13.6 Å². The van der Waals surface area contributed by atoms with Gasteiger partial charge in [0.05, 0.1) is 24.7 Å². The first-order chi connectivity index (χ1) is 14.4. The maximum Gasteiger partial charge on any atom is 0.387 e. The van der Waals surface area contributed by atoms with Crippen LogP contribution in [0.1, 0.15) is 18.3 Å². The van der Waals surface area contributed by atoms with Crippen LogP contribution in [0.4, 0.5) is 8.78 Å². The SMILES string of the molecule is CCn1c(CN(C)C(=O)/C=C/c2ccc(OC(F)F)c(OC)c2)nc2ccccc21. The van der Waals surface area contributed by atoms with Crippen molar-refractivity contribution < 1.29 is 23.0 Å². The van der Waals surface area contributed by atoms with Gasteiger partial charge in [0.25, 0.3) is 0 Å². The number of carbonyl (C=O) groups excluding carboxylic acids is 1. The molecule has 8 heteroatoms. The van der Waals surface area contributed by atoms with Gasteiger partial charge in [0, 0.05) is 19.7 Å². The van der Waals surface area contributed by atoms with Gasteiger partial charge in [-0.3, -0.25) is 4.79 Å². The highest BCUT2D eigenvalue weighted by Crippen LogP contribution is 2.29. The molecule has 0 bridgehead atoms. The van der Waals surface area contributed by atoms with E-state index in [1.807, 2.05) is 31.2 Å². The van der Waals surface area contributed by atoms with Gasteiger partial charge in [0.1, 0.15) is 5.82 Å². The van der Waals surface area contributed by atoms with Crippen LogP contribution in [0.25, 0.3) is 17.1 Å². The minimum absolute atomic E-state index is 0.0634. The number of ether oxygens (including phenoxy) is 2. The molecule has 0 aliphatic carbocycles. The van der Waals surface area contributed by atoms with Gasteiger partial charge in [-0.05, 0) is 42.8 Å². The summed E-state index contributed by atoms with van der Waals surface area (Å²) in [7, 11) is 3.06. The van der Waals surface area contributed by atoms with Crippen LogP contribution < -0.4 is 9.47 Å². The van der Waals surface area contributed by atoms with Crippen molar-refractivity contribution in [3.8, 4) is 11.5 Å². The number of para-hydroxylation sites is 2. The van der Waals surface area contributed by atoms with E-state index in [2.05, 4.69) is 14.3 Å². The lowest BCUT2D eigenvalue weighted by Crippen LogP contribution is -2.26. The predicted molar refractivity (Wildman–Crippen MR) is 111 cm³/mol. The zero-order valence-corrected chi connectivity index (χ0v) is 17.0. The van der Waals surface area contributed by atoms with Crippen molar-refractivity contribution in [2.75, 3.05) is 14.2 Å². The molecule has 1 heterocycles. The molecule has 1 amide bonds. The van der Waals surface area contributed by atoms with Gasteiger partial charge in [-0.1, -0.05) is 18.2 Å². The Morgan fingerprint density at radius 2 is 2.00 bits per heavy atom. The predicted octanol–water partition coefficient (Wildman–Crippen LogP) is 4.34. The molecule has 0 spiro atoms. The molecule has 0 fully saturated rings. The number of carbonyl (C=O) groups is 1. The monoisotopic (exact) mass is 415 g/mol. The lowest BCUT2D eigenvalue weighted by atomic mass is 10.2. The molecule has 0 aliphatic heterocycles. The van der Waals surface area contributed by atoms with Crippen molar-refractivity contribution in [1.82, 2.24) is 14.5 Å². The van der Waals surface area contributed by atoms with Crippen molar-refractivity contribution in [3.63, 3.8) is 0 Å². The Morgan fingerprint density at radius 1 is 1.23 bits per heavy atom. The third kappa shape index (κ3) is 4.76. The number of nitrogens with zero attached hydrogens (tertiary/aromatic N) is 3. The summed E-state index contributed by atoms with van der Waals surface area (Å²) in [5.74, 6) is 0.691. The van der Waals surface area contributed by atoms with Crippen LogP contribution in [-0.4, -0.2) is 41.1 Å². The quantitative estimate of drug-likeness (QED) is 0.514. The van der Waals surface area contributed by atoms with Crippen LogP contribution in [0, 0.1) is 0 Å². The molecule has 1 aromatic heterocycles. The Balaban J connectivity index is 1.72. The third-order valence-electron chi connectivity index (χ3n) is 4.63. The highest BCUT2D eigenvalue weighted by molar-refractivity contribution is 5.91. The molecule has 0 aliphatic rings. The van der Waals surface area contributed by atoms with Crippen LogP contribution >= 0.6 is 0 Å². The van der Waals surface area contributed by atoms with E-state index >= 15 is 0 Å². The highest BCUT2D eigenvalue weighted by Gasteiger charge is 2.14. The molecule has 158 valence electrons. The molecule has 3 aromatic rings. The number of aromatic nitrogens is 2. The van der Waals surface area contributed by atoms with Crippen molar-refractivity contribution in [1.29, 1.82) is 0 Å². The summed E-state index contributed by atoms with van der Waals surface area (Å²) in [6.45, 7) is 0.202. The van der Waals surface area contributed by atoms with E-state index in [-0.39, 0.29) is 17.4 Å². The molecule has 0 atom stereocenters. The van der Waals surface area contributed by atoms with Gasteiger partial charge < -0.3 is 18.9 Å². The smallest absolute Gasteiger partial charge is 0.387 e. The lowest BCUT2D eigenvalue weighted by molar-refractivity contribution is -0.125. The van der Waals surface area contributed by atoms with Gasteiger partial charge in [-0.15, -0.1) is 0 Å². The minimum atomic E-state index is -2.94. The van der Waals surface area contributed by atoms with Crippen molar-refractivity contribution >= 4 is 23.0 Å². The number of fused-ring (bicyclic) bond motifs is 1. The topological polar surface area (TPSA) is 56.6 Å². The minimum Gasteiger partial charge on any atom is -0.493 e. The van der Waals surface area contributed by atoms with Crippen LogP contribution in [0.15, 0.2) is 48.5 Å².